The standard InChI is InChI=1S/C18H20N2O5/c1-11(10-15(21)19-9-5-4-8-14(19)18(24)25)20-16(22)12-6-2-3-7-13(12)17(20)23/h2-3,6-7,11,14H,4-5,8-10H2,1H3,(H,24,25). The summed E-state index contributed by atoms with van der Waals surface area (Å²) >= 11 is 0. The second kappa shape index (κ2) is 6.66. The molecule has 2 atom stereocenters. The Labute approximate surface area is 145 Å². The number of likely N-dealkylation sites (tertiary alicyclic amines) is 1. The van der Waals surface area contributed by atoms with E-state index in [0.29, 0.717) is 24.1 Å². The van der Waals surface area contributed by atoms with Crippen LogP contribution < -0.4 is 0 Å². The summed E-state index contributed by atoms with van der Waals surface area (Å²) in [6, 6.07) is 5.11. The molecule has 132 valence electrons. The highest BCUT2D eigenvalue weighted by molar-refractivity contribution is 6.21. The molecular formula is C18H20N2O5. The van der Waals surface area contributed by atoms with Crippen molar-refractivity contribution in [2.45, 2.75) is 44.7 Å². The third-order valence-corrected chi connectivity index (χ3v) is 4.84. The summed E-state index contributed by atoms with van der Waals surface area (Å²) in [7, 11) is 0. The van der Waals surface area contributed by atoms with Crippen molar-refractivity contribution >= 4 is 23.7 Å². The van der Waals surface area contributed by atoms with Gasteiger partial charge in [-0.1, -0.05) is 12.1 Å². The predicted octanol–water partition coefficient (Wildman–Crippen LogP) is 1.53. The first-order valence-corrected chi connectivity index (χ1v) is 8.41. The summed E-state index contributed by atoms with van der Waals surface area (Å²) in [6.45, 7) is 2.03. The monoisotopic (exact) mass is 344 g/mol. The highest BCUT2D eigenvalue weighted by Crippen LogP contribution is 2.26. The van der Waals surface area contributed by atoms with E-state index < -0.39 is 29.9 Å². The Kier molecular flexibility index (Phi) is 4.57. The van der Waals surface area contributed by atoms with Gasteiger partial charge in [-0.2, -0.15) is 0 Å². The summed E-state index contributed by atoms with van der Waals surface area (Å²) in [5.41, 5.74) is 0.682. The Morgan fingerprint density at radius 2 is 1.76 bits per heavy atom. The number of imide groups is 1. The molecule has 1 saturated heterocycles. The van der Waals surface area contributed by atoms with Crippen LogP contribution in [0.5, 0.6) is 0 Å². The molecule has 1 N–H and O–H groups in total. The molecule has 25 heavy (non-hydrogen) atoms. The van der Waals surface area contributed by atoms with Crippen molar-refractivity contribution in [2.75, 3.05) is 6.54 Å². The van der Waals surface area contributed by atoms with Gasteiger partial charge in [0.25, 0.3) is 11.8 Å². The summed E-state index contributed by atoms with van der Waals surface area (Å²) in [5.74, 6) is -2.17. The van der Waals surface area contributed by atoms with Gasteiger partial charge in [0.15, 0.2) is 0 Å². The lowest BCUT2D eigenvalue weighted by atomic mass is 10.0. The highest BCUT2D eigenvalue weighted by Gasteiger charge is 2.40. The number of rotatable bonds is 4. The quantitative estimate of drug-likeness (QED) is 0.836. The van der Waals surface area contributed by atoms with Gasteiger partial charge in [0.2, 0.25) is 5.91 Å². The van der Waals surface area contributed by atoms with Crippen LogP contribution in [0.3, 0.4) is 0 Å². The van der Waals surface area contributed by atoms with Gasteiger partial charge >= 0.3 is 5.97 Å². The van der Waals surface area contributed by atoms with Crippen LogP contribution in [0.25, 0.3) is 0 Å². The number of carboxylic acids is 1. The minimum absolute atomic E-state index is 0.0742. The molecule has 1 aromatic rings. The molecule has 2 aliphatic heterocycles. The van der Waals surface area contributed by atoms with E-state index >= 15 is 0 Å². The smallest absolute Gasteiger partial charge is 0.326 e. The van der Waals surface area contributed by atoms with Crippen molar-refractivity contribution in [2.24, 2.45) is 0 Å². The number of fused-ring (bicyclic) bond motifs is 1. The molecule has 1 fully saturated rings. The van der Waals surface area contributed by atoms with E-state index in [2.05, 4.69) is 0 Å². The van der Waals surface area contributed by atoms with E-state index in [1.165, 1.54) is 4.90 Å². The zero-order chi connectivity index (χ0) is 18.1. The first-order valence-electron chi connectivity index (χ1n) is 8.41. The fraction of sp³-hybridized carbons (Fsp3) is 0.444. The summed E-state index contributed by atoms with van der Waals surface area (Å²) < 4.78 is 0. The van der Waals surface area contributed by atoms with Crippen LogP contribution in [0.4, 0.5) is 0 Å². The highest BCUT2D eigenvalue weighted by atomic mass is 16.4. The molecule has 3 amide bonds. The first-order chi connectivity index (χ1) is 11.9. The molecule has 7 heteroatoms. The lowest BCUT2D eigenvalue weighted by Gasteiger charge is -2.34. The molecule has 0 aliphatic carbocycles. The van der Waals surface area contributed by atoms with E-state index in [4.69, 9.17) is 0 Å². The molecule has 7 nitrogen and oxygen atoms in total. The Morgan fingerprint density at radius 1 is 1.16 bits per heavy atom. The van der Waals surface area contributed by atoms with Crippen LogP contribution in [-0.2, 0) is 9.59 Å². The van der Waals surface area contributed by atoms with E-state index in [1.807, 2.05) is 0 Å². The van der Waals surface area contributed by atoms with Crippen LogP contribution in [0, 0.1) is 0 Å². The zero-order valence-electron chi connectivity index (χ0n) is 14.0. The molecule has 3 rings (SSSR count). The van der Waals surface area contributed by atoms with Crippen LogP contribution in [0.15, 0.2) is 24.3 Å². The minimum atomic E-state index is -1.01. The Balaban J connectivity index is 1.73. The number of carbonyl (C=O) groups is 4. The van der Waals surface area contributed by atoms with Crippen molar-refractivity contribution in [3.05, 3.63) is 35.4 Å². The van der Waals surface area contributed by atoms with Gasteiger partial charge in [0.05, 0.1) is 11.1 Å². The van der Waals surface area contributed by atoms with Gasteiger partial charge in [-0.05, 0) is 38.3 Å². The van der Waals surface area contributed by atoms with Crippen molar-refractivity contribution in [3.63, 3.8) is 0 Å². The first kappa shape index (κ1) is 17.1. The van der Waals surface area contributed by atoms with Gasteiger partial charge in [0, 0.05) is 19.0 Å². The molecule has 1 aromatic carbocycles. The summed E-state index contributed by atoms with van der Waals surface area (Å²) in [5, 5.41) is 9.29. The third kappa shape index (κ3) is 3.01. The van der Waals surface area contributed by atoms with Crippen molar-refractivity contribution in [3.8, 4) is 0 Å². The van der Waals surface area contributed by atoms with E-state index in [-0.39, 0.29) is 12.3 Å². The van der Waals surface area contributed by atoms with Gasteiger partial charge in [-0.25, -0.2) is 4.79 Å². The number of hydrogen-bond donors (Lipinski definition) is 1. The minimum Gasteiger partial charge on any atom is -0.480 e. The lowest BCUT2D eigenvalue weighted by Crippen LogP contribution is -2.50. The maximum Gasteiger partial charge on any atom is 0.326 e. The number of benzene rings is 1. The summed E-state index contributed by atoms with van der Waals surface area (Å²) in [4.78, 5) is 51.3. The van der Waals surface area contributed by atoms with Crippen molar-refractivity contribution in [1.29, 1.82) is 0 Å². The van der Waals surface area contributed by atoms with Gasteiger partial charge < -0.3 is 10.0 Å². The largest absolute Gasteiger partial charge is 0.480 e. The van der Waals surface area contributed by atoms with Gasteiger partial charge in [-0.3, -0.25) is 19.3 Å². The molecule has 0 radical (unpaired) electrons. The molecule has 2 unspecified atom stereocenters. The van der Waals surface area contributed by atoms with Crippen molar-refractivity contribution < 1.29 is 24.3 Å². The Morgan fingerprint density at radius 3 is 2.32 bits per heavy atom. The number of carbonyl (C=O) groups excluding carboxylic acids is 3. The van der Waals surface area contributed by atoms with Gasteiger partial charge in [0.1, 0.15) is 6.04 Å². The zero-order valence-corrected chi connectivity index (χ0v) is 14.0. The van der Waals surface area contributed by atoms with E-state index in [0.717, 1.165) is 17.7 Å². The van der Waals surface area contributed by atoms with E-state index in [9.17, 15) is 24.3 Å². The van der Waals surface area contributed by atoms with Crippen LogP contribution in [0.2, 0.25) is 0 Å². The maximum absolute atomic E-state index is 12.6. The predicted molar refractivity (Wildman–Crippen MR) is 88.0 cm³/mol. The Bertz CT molecular complexity index is 710. The third-order valence-electron chi connectivity index (χ3n) is 4.84. The fourth-order valence-electron chi connectivity index (χ4n) is 3.56. The van der Waals surface area contributed by atoms with Crippen molar-refractivity contribution in [1.82, 2.24) is 9.80 Å². The maximum atomic E-state index is 12.6. The summed E-state index contributed by atoms with van der Waals surface area (Å²) in [6.07, 6.45) is 1.89. The molecule has 0 aromatic heterocycles. The van der Waals surface area contributed by atoms with Crippen LogP contribution in [0.1, 0.15) is 53.3 Å². The van der Waals surface area contributed by atoms with Gasteiger partial charge in [-0.15, -0.1) is 0 Å². The lowest BCUT2D eigenvalue weighted by molar-refractivity contribution is -0.152. The normalized spacial score (nSPS) is 21.2. The number of carboxylic acid groups (broad SMARTS) is 1. The Hall–Kier alpha value is -2.70. The molecule has 0 spiro atoms. The molecule has 0 saturated carbocycles. The SMILES string of the molecule is CC(CC(=O)N1CCCCC1C(=O)O)N1C(=O)c2ccccc2C1=O. The molecule has 2 aliphatic rings. The second-order valence-corrected chi connectivity index (χ2v) is 6.52. The topological polar surface area (TPSA) is 95.0 Å². The number of piperidine rings is 1. The molecular weight excluding hydrogens is 324 g/mol. The van der Waals surface area contributed by atoms with Crippen LogP contribution in [-0.4, -0.2) is 57.2 Å². The van der Waals surface area contributed by atoms with E-state index in [1.54, 1.807) is 31.2 Å². The number of hydrogen-bond acceptors (Lipinski definition) is 4. The average molecular weight is 344 g/mol. The van der Waals surface area contributed by atoms with Crippen LogP contribution >= 0.6 is 0 Å². The number of amides is 3. The number of aliphatic carboxylic acids is 1. The average Bonchev–Trinajstić information content (AvgIpc) is 2.86. The number of nitrogens with zero attached hydrogens (tertiary/aromatic N) is 2. The molecule has 0 bridgehead atoms. The fourth-order valence-corrected chi connectivity index (χ4v) is 3.56. The molecule has 2 heterocycles. The second-order valence-electron chi connectivity index (χ2n) is 6.52.